The van der Waals surface area contributed by atoms with Crippen LogP contribution in [0.1, 0.15) is 23.2 Å². The van der Waals surface area contributed by atoms with E-state index in [1.165, 1.54) is 12.1 Å². The summed E-state index contributed by atoms with van der Waals surface area (Å²) in [6, 6.07) is 6.17. The average Bonchev–Trinajstić information content (AvgIpc) is 2.61. The Bertz CT molecular complexity index is 784. The zero-order chi connectivity index (χ0) is 18.0. The molecule has 2 amide bonds. The van der Waals surface area contributed by atoms with Crippen molar-refractivity contribution in [3.05, 3.63) is 29.8 Å². The number of nitrogens with zero attached hydrogens (tertiary/aromatic N) is 2. The highest BCUT2D eigenvalue weighted by Crippen LogP contribution is 2.20. The molecule has 2 saturated heterocycles. The summed E-state index contributed by atoms with van der Waals surface area (Å²) >= 11 is 0. The molecule has 0 saturated carbocycles. The topological polar surface area (TPSA) is 86.8 Å². The molecule has 0 aromatic heterocycles. The molecule has 1 unspecified atom stereocenters. The first-order valence-corrected chi connectivity index (χ1v) is 10.3. The molecule has 0 spiro atoms. The van der Waals surface area contributed by atoms with Gasteiger partial charge in [-0.3, -0.25) is 9.59 Å². The Morgan fingerprint density at radius 1 is 1.27 bits per heavy atom. The Hall–Kier alpha value is -1.64. The fourth-order valence-corrected chi connectivity index (χ4v) is 4.11. The van der Waals surface area contributed by atoms with Crippen LogP contribution in [0.3, 0.4) is 0 Å². The minimum atomic E-state index is -3.36. The molecule has 2 aliphatic heterocycles. The second kappa shape index (κ2) is 8.37. The monoisotopic (exact) mass is 401 g/mol. The lowest BCUT2D eigenvalue weighted by Gasteiger charge is -2.41. The lowest BCUT2D eigenvalue weighted by molar-refractivity contribution is -0.135. The molecule has 3 rings (SSSR count). The largest absolute Gasteiger partial charge is 0.337 e. The van der Waals surface area contributed by atoms with Gasteiger partial charge in [-0.1, -0.05) is 6.07 Å². The fourth-order valence-electron chi connectivity index (χ4n) is 3.44. The third-order valence-corrected chi connectivity index (χ3v) is 5.87. The Kier molecular flexibility index (Phi) is 6.65. The molecule has 2 fully saturated rings. The predicted octanol–water partition coefficient (Wildman–Crippen LogP) is 0.548. The number of hydrogen-bond acceptors (Lipinski definition) is 5. The fraction of sp³-hybridized carbons (Fsp3) is 0.529. The van der Waals surface area contributed by atoms with E-state index in [0.29, 0.717) is 31.7 Å². The quantitative estimate of drug-likeness (QED) is 0.799. The normalized spacial score (nSPS) is 21.3. The van der Waals surface area contributed by atoms with Gasteiger partial charge in [0.05, 0.1) is 11.4 Å². The minimum Gasteiger partial charge on any atom is -0.337 e. The van der Waals surface area contributed by atoms with Crippen molar-refractivity contribution in [3.8, 4) is 0 Å². The number of likely N-dealkylation sites (tertiary alicyclic amines) is 1. The van der Waals surface area contributed by atoms with Crippen LogP contribution < -0.4 is 5.32 Å². The molecule has 0 aliphatic carbocycles. The van der Waals surface area contributed by atoms with Crippen molar-refractivity contribution >= 4 is 34.1 Å². The Labute approximate surface area is 160 Å². The van der Waals surface area contributed by atoms with Gasteiger partial charge in [0.25, 0.3) is 5.91 Å². The molecule has 2 aliphatic rings. The second-order valence-corrected chi connectivity index (χ2v) is 8.63. The number of piperidine rings is 1. The van der Waals surface area contributed by atoms with E-state index in [0.717, 1.165) is 25.6 Å². The van der Waals surface area contributed by atoms with E-state index < -0.39 is 9.84 Å². The number of carbonyl (C=O) groups excluding carboxylic acids is 2. The zero-order valence-corrected chi connectivity index (χ0v) is 16.3. The van der Waals surface area contributed by atoms with Crippen LogP contribution in [0.15, 0.2) is 29.2 Å². The maximum absolute atomic E-state index is 12.8. The van der Waals surface area contributed by atoms with Gasteiger partial charge >= 0.3 is 0 Å². The smallest absolute Gasteiger partial charge is 0.253 e. The van der Waals surface area contributed by atoms with Crippen molar-refractivity contribution in [2.24, 2.45) is 0 Å². The molecule has 144 valence electrons. The van der Waals surface area contributed by atoms with Crippen molar-refractivity contribution in [2.45, 2.75) is 23.8 Å². The SMILES string of the molecule is CS(=O)(=O)c1cccc(C(=O)N2CCCC(N3CCNCC3=O)C2)c1.Cl. The van der Waals surface area contributed by atoms with Crippen LogP contribution >= 0.6 is 12.4 Å². The van der Waals surface area contributed by atoms with Crippen LogP contribution in [0.4, 0.5) is 0 Å². The maximum Gasteiger partial charge on any atom is 0.253 e. The Balaban J connectivity index is 0.00000243. The summed E-state index contributed by atoms with van der Waals surface area (Å²) < 4.78 is 23.4. The number of carbonyl (C=O) groups is 2. The number of amides is 2. The maximum atomic E-state index is 12.8. The van der Waals surface area contributed by atoms with E-state index in [4.69, 9.17) is 0 Å². The lowest BCUT2D eigenvalue weighted by atomic mass is 10.0. The van der Waals surface area contributed by atoms with E-state index >= 15 is 0 Å². The van der Waals surface area contributed by atoms with Crippen molar-refractivity contribution in [1.29, 1.82) is 0 Å². The Morgan fingerprint density at radius 3 is 2.73 bits per heavy atom. The van der Waals surface area contributed by atoms with Gasteiger partial charge in [-0.15, -0.1) is 12.4 Å². The van der Waals surface area contributed by atoms with Gasteiger partial charge in [0, 0.05) is 44.0 Å². The number of hydrogen-bond donors (Lipinski definition) is 1. The highest BCUT2D eigenvalue weighted by molar-refractivity contribution is 7.90. The molecule has 26 heavy (non-hydrogen) atoms. The van der Waals surface area contributed by atoms with Crippen LogP contribution in [0, 0.1) is 0 Å². The first-order valence-electron chi connectivity index (χ1n) is 8.46. The highest BCUT2D eigenvalue weighted by atomic mass is 35.5. The van der Waals surface area contributed by atoms with Crippen molar-refractivity contribution in [2.75, 3.05) is 39.0 Å². The van der Waals surface area contributed by atoms with Crippen molar-refractivity contribution < 1.29 is 18.0 Å². The molecule has 1 aromatic carbocycles. The van der Waals surface area contributed by atoms with E-state index in [1.807, 2.05) is 4.90 Å². The third-order valence-electron chi connectivity index (χ3n) is 4.76. The van der Waals surface area contributed by atoms with Crippen LogP contribution in [-0.4, -0.2) is 75.1 Å². The number of nitrogens with one attached hydrogen (secondary N) is 1. The number of halogens is 1. The number of benzene rings is 1. The van der Waals surface area contributed by atoms with E-state index in [2.05, 4.69) is 5.32 Å². The molecule has 1 aromatic rings. The molecule has 1 N–H and O–H groups in total. The predicted molar refractivity (Wildman–Crippen MR) is 100 cm³/mol. The van der Waals surface area contributed by atoms with Crippen LogP contribution in [0.2, 0.25) is 0 Å². The third kappa shape index (κ3) is 4.55. The molecular weight excluding hydrogens is 378 g/mol. The second-order valence-electron chi connectivity index (χ2n) is 6.61. The van der Waals surface area contributed by atoms with Gasteiger partial charge in [0.2, 0.25) is 5.91 Å². The summed E-state index contributed by atoms with van der Waals surface area (Å²) in [6.07, 6.45) is 2.85. The summed E-state index contributed by atoms with van der Waals surface area (Å²) in [4.78, 5) is 28.6. The van der Waals surface area contributed by atoms with Crippen LogP contribution in [-0.2, 0) is 14.6 Å². The van der Waals surface area contributed by atoms with E-state index in [1.54, 1.807) is 17.0 Å². The van der Waals surface area contributed by atoms with Crippen molar-refractivity contribution in [3.63, 3.8) is 0 Å². The number of piperazine rings is 1. The Morgan fingerprint density at radius 2 is 2.04 bits per heavy atom. The van der Waals surface area contributed by atoms with Gasteiger partial charge in [-0.25, -0.2) is 8.42 Å². The van der Waals surface area contributed by atoms with Gasteiger partial charge in [0.1, 0.15) is 0 Å². The van der Waals surface area contributed by atoms with Gasteiger partial charge in [-0.2, -0.15) is 0 Å². The number of sulfone groups is 1. The minimum absolute atomic E-state index is 0. The molecule has 0 bridgehead atoms. The first-order chi connectivity index (χ1) is 11.9. The van der Waals surface area contributed by atoms with Crippen molar-refractivity contribution in [1.82, 2.24) is 15.1 Å². The number of rotatable bonds is 3. The van der Waals surface area contributed by atoms with Gasteiger partial charge in [-0.05, 0) is 31.0 Å². The van der Waals surface area contributed by atoms with Gasteiger partial charge < -0.3 is 15.1 Å². The summed E-state index contributed by atoms with van der Waals surface area (Å²) in [5, 5.41) is 3.06. The molecular formula is C17H24ClN3O4S. The molecule has 1 atom stereocenters. The first kappa shape index (κ1) is 20.7. The lowest BCUT2D eigenvalue weighted by Crippen LogP contribution is -2.57. The zero-order valence-electron chi connectivity index (χ0n) is 14.7. The summed E-state index contributed by atoms with van der Waals surface area (Å²) in [6.45, 7) is 2.90. The molecule has 7 nitrogen and oxygen atoms in total. The molecule has 2 heterocycles. The van der Waals surface area contributed by atoms with Crippen LogP contribution in [0.25, 0.3) is 0 Å². The highest BCUT2D eigenvalue weighted by Gasteiger charge is 2.32. The molecule has 0 radical (unpaired) electrons. The average molecular weight is 402 g/mol. The molecule has 9 heteroatoms. The van der Waals surface area contributed by atoms with Gasteiger partial charge in [0.15, 0.2) is 9.84 Å². The van der Waals surface area contributed by atoms with E-state index in [-0.39, 0.29) is 35.2 Å². The van der Waals surface area contributed by atoms with Crippen LogP contribution in [0.5, 0.6) is 0 Å². The summed E-state index contributed by atoms with van der Waals surface area (Å²) in [5.74, 6) is -0.109. The summed E-state index contributed by atoms with van der Waals surface area (Å²) in [5.41, 5.74) is 0.371. The van der Waals surface area contributed by atoms with E-state index in [9.17, 15) is 18.0 Å². The summed E-state index contributed by atoms with van der Waals surface area (Å²) in [7, 11) is -3.36. The standard InChI is InChI=1S/C17H23N3O4S.ClH/c1-25(23,24)15-6-2-4-13(10-15)17(22)19-8-3-5-14(12-19)20-9-7-18-11-16(20)21;/h2,4,6,10,14,18H,3,5,7-9,11-12H2,1H3;1H.